The molecule has 0 aromatic rings. The van der Waals surface area contributed by atoms with Crippen molar-refractivity contribution in [2.75, 3.05) is 0 Å². The van der Waals surface area contributed by atoms with Gasteiger partial charge in [-0.1, -0.05) is 20.3 Å². The quantitative estimate of drug-likeness (QED) is 0.109. The molecule has 15 heteroatoms. The standard InChI is InChI=1S/C19H31N5O10/c1-3-8(2)15(24-16(30)9(20)6-14(28)29)18(32)23-11(7-12(21)25)17(31)22-10(19(33)34)4-5-13(26)27/h8-11,15H,3-7,20H2,1-2H3,(H2,21,25)(H,22,31)(H,23,32)(H,24,30)(H,26,27)(H,28,29)(H,33,34). The Balaban J connectivity index is 5.59. The van der Waals surface area contributed by atoms with Gasteiger partial charge < -0.3 is 42.7 Å². The fourth-order valence-electron chi connectivity index (χ4n) is 2.71. The zero-order valence-electron chi connectivity index (χ0n) is 18.8. The summed E-state index contributed by atoms with van der Waals surface area (Å²) in [6, 6.07) is -5.97. The zero-order valence-corrected chi connectivity index (χ0v) is 18.8. The second-order valence-corrected chi connectivity index (χ2v) is 7.64. The number of primary amides is 1. The van der Waals surface area contributed by atoms with Crippen molar-refractivity contribution in [2.45, 2.75) is 70.1 Å². The highest BCUT2D eigenvalue weighted by Crippen LogP contribution is 2.10. The molecule has 34 heavy (non-hydrogen) atoms. The van der Waals surface area contributed by atoms with Gasteiger partial charge in [-0.2, -0.15) is 0 Å². The average Bonchev–Trinajstić information content (AvgIpc) is 2.72. The molecule has 5 atom stereocenters. The highest BCUT2D eigenvalue weighted by Gasteiger charge is 2.33. The summed E-state index contributed by atoms with van der Waals surface area (Å²) < 4.78 is 0. The van der Waals surface area contributed by atoms with Crippen molar-refractivity contribution in [1.82, 2.24) is 16.0 Å². The molecule has 5 unspecified atom stereocenters. The van der Waals surface area contributed by atoms with Gasteiger partial charge in [0.25, 0.3) is 0 Å². The van der Waals surface area contributed by atoms with Crippen molar-refractivity contribution >= 4 is 41.5 Å². The number of aliphatic carboxylic acids is 3. The SMILES string of the molecule is CCC(C)C(NC(=O)C(N)CC(=O)O)C(=O)NC(CC(N)=O)C(=O)NC(CCC(=O)O)C(=O)O. The summed E-state index contributed by atoms with van der Waals surface area (Å²) in [7, 11) is 0. The molecule has 0 heterocycles. The van der Waals surface area contributed by atoms with Crippen molar-refractivity contribution in [2.24, 2.45) is 17.4 Å². The third kappa shape index (κ3) is 11.2. The van der Waals surface area contributed by atoms with E-state index in [0.29, 0.717) is 6.42 Å². The van der Waals surface area contributed by atoms with Gasteiger partial charge in [0.1, 0.15) is 18.1 Å². The van der Waals surface area contributed by atoms with E-state index in [4.69, 9.17) is 21.7 Å². The molecule has 0 rings (SSSR count). The van der Waals surface area contributed by atoms with Gasteiger partial charge in [-0.25, -0.2) is 4.79 Å². The number of carbonyl (C=O) groups excluding carboxylic acids is 4. The van der Waals surface area contributed by atoms with Crippen LogP contribution in [0.5, 0.6) is 0 Å². The second-order valence-electron chi connectivity index (χ2n) is 7.64. The summed E-state index contributed by atoms with van der Waals surface area (Å²) >= 11 is 0. The Labute approximate surface area is 194 Å². The van der Waals surface area contributed by atoms with E-state index in [9.17, 15) is 38.7 Å². The Bertz CT molecular complexity index is 802. The summed E-state index contributed by atoms with van der Waals surface area (Å²) in [6.07, 6.45) is -2.07. The molecule has 0 aliphatic carbocycles. The number of amides is 4. The molecule has 4 amide bonds. The number of hydrogen-bond donors (Lipinski definition) is 8. The first-order chi connectivity index (χ1) is 15.7. The van der Waals surface area contributed by atoms with Gasteiger partial charge in [0, 0.05) is 6.42 Å². The third-order valence-corrected chi connectivity index (χ3v) is 4.82. The van der Waals surface area contributed by atoms with Gasteiger partial charge in [0.2, 0.25) is 23.6 Å². The van der Waals surface area contributed by atoms with E-state index in [1.807, 2.05) is 5.32 Å². The van der Waals surface area contributed by atoms with Crippen molar-refractivity contribution in [3.05, 3.63) is 0 Å². The Kier molecular flexibility index (Phi) is 12.8. The van der Waals surface area contributed by atoms with E-state index in [-0.39, 0.29) is 0 Å². The van der Waals surface area contributed by atoms with Gasteiger partial charge in [-0.05, 0) is 12.3 Å². The molecule has 192 valence electrons. The number of hydrogen-bond acceptors (Lipinski definition) is 8. The molecule has 0 aliphatic rings. The Morgan fingerprint density at radius 3 is 1.79 bits per heavy atom. The number of nitrogens with one attached hydrogen (secondary N) is 3. The summed E-state index contributed by atoms with van der Waals surface area (Å²) in [5, 5.41) is 33.3. The largest absolute Gasteiger partial charge is 0.481 e. The molecule has 0 saturated heterocycles. The predicted octanol–water partition coefficient (Wildman–Crippen LogP) is -2.89. The summed E-state index contributed by atoms with van der Waals surface area (Å²) in [5.41, 5.74) is 10.6. The number of carboxylic acids is 3. The van der Waals surface area contributed by atoms with Gasteiger partial charge in [-0.15, -0.1) is 0 Å². The van der Waals surface area contributed by atoms with E-state index in [1.54, 1.807) is 13.8 Å². The van der Waals surface area contributed by atoms with Crippen LogP contribution in [0.3, 0.4) is 0 Å². The van der Waals surface area contributed by atoms with E-state index >= 15 is 0 Å². The van der Waals surface area contributed by atoms with Crippen LogP contribution in [0.2, 0.25) is 0 Å². The molecule has 0 radical (unpaired) electrons. The first kappa shape index (κ1) is 30.2. The number of nitrogens with two attached hydrogens (primary N) is 2. The van der Waals surface area contributed by atoms with E-state index < -0.39 is 97.3 Å². The molecular weight excluding hydrogens is 458 g/mol. The Morgan fingerprint density at radius 1 is 0.794 bits per heavy atom. The third-order valence-electron chi connectivity index (χ3n) is 4.82. The normalized spacial score (nSPS) is 15.0. The Morgan fingerprint density at radius 2 is 1.35 bits per heavy atom. The molecule has 0 aliphatic heterocycles. The number of rotatable bonds is 16. The van der Waals surface area contributed by atoms with Crippen molar-refractivity contribution < 1.29 is 48.9 Å². The van der Waals surface area contributed by atoms with Crippen molar-refractivity contribution in [3.8, 4) is 0 Å². The van der Waals surface area contributed by atoms with Gasteiger partial charge in [-0.3, -0.25) is 28.8 Å². The predicted molar refractivity (Wildman–Crippen MR) is 114 cm³/mol. The topological polar surface area (TPSA) is 268 Å². The van der Waals surface area contributed by atoms with Gasteiger partial charge in [0.05, 0.1) is 18.9 Å². The molecule has 0 bridgehead atoms. The van der Waals surface area contributed by atoms with Crippen LogP contribution in [-0.4, -0.2) is 81.0 Å². The monoisotopic (exact) mass is 489 g/mol. The Hall–Kier alpha value is -3.75. The summed E-state index contributed by atoms with van der Waals surface area (Å²) in [6.45, 7) is 3.28. The maximum Gasteiger partial charge on any atom is 0.326 e. The van der Waals surface area contributed by atoms with Crippen LogP contribution in [0.4, 0.5) is 0 Å². The van der Waals surface area contributed by atoms with Crippen LogP contribution >= 0.6 is 0 Å². The highest BCUT2D eigenvalue weighted by atomic mass is 16.4. The minimum absolute atomic E-state index is 0.371. The van der Waals surface area contributed by atoms with Crippen LogP contribution < -0.4 is 27.4 Å². The van der Waals surface area contributed by atoms with Crippen LogP contribution in [0.1, 0.15) is 46.0 Å². The maximum absolute atomic E-state index is 12.8. The average molecular weight is 489 g/mol. The molecule has 10 N–H and O–H groups in total. The van der Waals surface area contributed by atoms with Crippen LogP contribution in [-0.2, 0) is 33.6 Å². The molecular formula is C19H31N5O10. The lowest BCUT2D eigenvalue weighted by atomic mass is 9.97. The summed E-state index contributed by atoms with van der Waals surface area (Å²) in [5.74, 6) is -8.65. The molecule has 0 spiro atoms. The zero-order chi connectivity index (χ0) is 26.6. The van der Waals surface area contributed by atoms with E-state index in [0.717, 1.165) is 0 Å². The molecule has 0 aromatic carbocycles. The fourth-order valence-corrected chi connectivity index (χ4v) is 2.71. The van der Waals surface area contributed by atoms with E-state index in [1.165, 1.54) is 0 Å². The highest BCUT2D eigenvalue weighted by molar-refractivity contribution is 5.96. The van der Waals surface area contributed by atoms with Crippen LogP contribution in [0.15, 0.2) is 0 Å². The minimum atomic E-state index is -1.63. The van der Waals surface area contributed by atoms with Gasteiger partial charge >= 0.3 is 17.9 Å². The van der Waals surface area contributed by atoms with Crippen LogP contribution in [0.25, 0.3) is 0 Å². The lowest BCUT2D eigenvalue weighted by molar-refractivity contribution is -0.143. The fraction of sp³-hybridized carbons (Fsp3) is 0.632. The lowest BCUT2D eigenvalue weighted by Gasteiger charge is -2.27. The first-order valence-corrected chi connectivity index (χ1v) is 10.3. The first-order valence-electron chi connectivity index (χ1n) is 10.3. The number of carbonyl (C=O) groups is 7. The molecule has 15 nitrogen and oxygen atoms in total. The van der Waals surface area contributed by atoms with Crippen LogP contribution in [0, 0.1) is 5.92 Å². The van der Waals surface area contributed by atoms with Gasteiger partial charge in [0.15, 0.2) is 0 Å². The molecule has 0 fully saturated rings. The molecule has 0 saturated carbocycles. The van der Waals surface area contributed by atoms with Crippen molar-refractivity contribution in [3.63, 3.8) is 0 Å². The lowest BCUT2D eigenvalue weighted by Crippen LogP contribution is -2.59. The van der Waals surface area contributed by atoms with Crippen molar-refractivity contribution in [1.29, 1.82) is 0 Å². The smallest absolute Gasteiger partial charge is 0.326 e. The maximum atomic E-state index is 12.8. The van der Waals surface area contributed by atoms with E-state index in [2.05, 4.69) is 10.6 Å². The summed E-state index contributed by atoms with van der Waals surface area (Å²) in [4.78, 5) is 81.8. The minimum Gasteiger partial charge on any atom is -0.481 e. The number of carboxylic acid groups (broad SMARTS) is 3. The second kappa shape index (κ2) is 14.4. The molecule has 0 aromatic heterocycles.